The van der Waals surface area contributed by atoms with Crippen molar-refractivity contribution in [1.29, 1.82) is 0 Å². The Kier molecular flexibility index (Phi) is 5.31. The molecule has 1 aliphatic heterocycles. The highest BCUT2D eigenvalue weighted by Crippen LogP contribution is 2.31. The van der Waals surface area contributed by atoms with E-state index in [0.717, 1.165) is 11.3 Å². The van der Waals surface area contributed by atoms with E-state index in [-0.39, 0.29) is 18.6 Å². The number of alkyl carbamates (subject to hydrolysis) is 1. The summed E-state index contributed by atoms with van der Waals surface area (Å²) in [5.74, 6) is -0.245. The summed E-state index contributed by atoms with van der Waals surface area (Å²) in [5.41, 5.74) is 2.29. The van der Waals surface area contributed by atoms with Gasteiger partial charge in [0.25, 0.3) is 5.91 Å². The van der Waals surface area contributed by atoms with Gasteiger partial charge in [-0.1, -0.05) is 42.5 Å². The average Bonchev–Trinajstić information content (AvgIpc) is 2.78. The summed E-state index contributed by atoms with van der Waals surface area (Å²) in [5, 5.41) is 2.60. The molecule has 0 aliphatic carbocycles. The molecule has 1 aliphatic rings. The van der Waals surface area contributed by atoms with Gasteiger partial charge in [-0.05, 0) is 31.5 Å². The molecule has 0 spiro atoms. The SMILES string of the molecule is CC(C)N1C(=O)C(NC(=O)OCc2ccccc2)C=Nc2ccccc21. The van der Waals surface area contributed by atoms with Crippen molar-refractivity contribution in [3.05, 3.63) is 60.2 Å². The van der Waals surface area contributed by atoms with Crippen LogP contribution in [-0.4, -0.2) is 30.3 Å². The van der Waals surface area contributed by atoms with Crippen molar-refractivity contribution in [3.8, 4) is 0 Å². The molecule has 1 atom stereocenters. The number of nitrogens with zero attached hydrogens (tertiary/aromatic N) is 2. The molecule has 0 saturated heterocycles. The second-order valence-electron chi connectivity index (χ2n) is 6.25. The number of carbonyl (C=O) groups is 2. The molecule has 0 bridgehead atoms. The number of fused-ring (bicyclic) bond motifs is 1. The number of ether oxygens (including phenoxy) is 1. The van der Waals surface area contributed by atoms with Crippen LogP contribution in [0.2, 0.25) is 0 Å². The van der Waals surface area contributed by atoms with Crippen LogP contribution >= 0.6 is 0 Å². The number of carbonyl (C=O) groups excluding carboxylic acids is 2. The Hall–Kier alpha value is -3.15. The third-order valence-corrected chi connectivity index (χ3v) is 4.01. The molecule has 3 rings (SSSR count). The molecule has 26 heavy (non-hydrogen) atoms. The van der Waals surface area contributed by atoms with E-state index in [2.05, 4.69) is 10.3 Å². The third-order valence-electron chi connectivity index (χ3n) is 4.01. The standard InChI is InChI=1S/C20H21N3O3/c1-14(2)23-18-11-7-6-10-16(18)21-12-17(19(23)24)22-20(25)26-13-15-8-4-3-5-9-15/h3-12,14,17H,13H2,1-2H3,(H,22,25). The van der Waals surface area contributed by atoms with Gasteiger partial charge in [0.1, 0.15) is 12.6 Å². The van der Waals surface area contributed by atoms with E-state index in [1.54, 1.807) is 4.90 Å². The van der Waals surface area contributed by atoms with Gasteiger partial charge in [-0.25, -0.2) is 4.79 Å². The van der Waals surface area contributed by atoms with E-state index in [4.69, 9.17) is 4.74 Å². The lowest BCUT2D eigenvalue weighted by Crippen LogP contribution is -2.51. The van der Waals surface area contributed by atoms with Gasteiger partial charge >= 0.3 is 6.09 Å². The highest BCUT2D eigenvalue weighted by atomic mass is 16.5. The smallest absolute Gasteiger partial charge is 0.408 e. The molecular formula is C20H21N3O3. The third kappa shape index (κ3) is 3.91. The maximum atomic E-state index is 12.9. The van der Waals surface area contributed by atoms with Gasteiger partial charge in [0.2, 0.25) is 0 Å². The highest BCUT2D eigenvalue weighted by molar-refractivity contribution is 6.12. The van der Waals surface area contributed by atoms with Gasteiger partial charge < -0.3 is 15.0 Å². The van der Waals surface area contributed by atoms with Crippen LogP contribution in [0.3, 0.4) is 0 Å². The molecule has 0 radical (unpaired) electrons. The van der Waals surface area contributed by atoms with E-state index in [1.165, 1.54) is 6.21 Å². The van der Waals surface area contributed by atoms with Crippen molar-refractivity contribution in [2.45, 2.75) is 32.5 Å². The number of benzene rings is 2. The highest BCUT2D eigenvalue weighted by Gasteiger charge is 2.31. The Morgan fingerprint density at radius 1 is 1.15 bits per heavy atom. The topological polar surface area (TPSA) is 71.0 Å². The summed E-state index contributed by atoms with van der Waals surface area (Å²) in [7, 11) is 0. The van der Waals surface area contributed by atoms with E-state index < -0.39 is 12.1 Å². The molecule has 2 aromatic rings. The number of amides is 2. The summed E-state index contributed by atoms with van der Waals surface area (Å²) in [6, 6.07) is 15.8. The average molecular weight is 351 g/mol. The van der Waals surface area contributed by atoms with E-state index in [0.29, 0.717) is 5.69 Å². The minimum Gasteiger partial charge on any atom is -0.445 e. The summed E-state index contributed by atoms with van der Waals surface area (Å²) >= 11 is 0. The van der Waals surface area contributed by atoms with Crippen LogP contribution in [0.5, 0.6) is 0 Å². The summed E-state index contributed by atoms with van der Waals surface area (Å²) in [6.45, 7) is 3.98. The minimum atomic E-state index is -0.881. The number of rotatable bonds is 4. The first kappa shape index (κ1) is 17.7. The molecule has 1 N–H and O–H groups in total. The molecule has 0 saturated carbocycles. The molecule has 6 heteroatoms. The summed E-state index contributed by atoms with van der Waals surface area (Å²) in [4.78, 5) is 31.1. The van der Waals surface area contributed by atoms with Gasteiger partial charge in [0.05, 0.1) is 11.4 Å². The van der Waals surface area contributed by atoms with Crippen LogP contribution in [-0.2, 0) is 16.1 Å². The number of hydrogen-bond donors (Lipinski definition) is 1. The van der Waals surface area contributed by atoms with Crippen molar-refractivity contribution in [1.82, 2.24) is 5.32 Å². The number of para-hydroxylation sites is 2. The Bertz CT molecular complexity index is 818. The summed E-state index contributed by atoms with van der Waals surface area (Å²) < 4.78 is 5.21. The lowest BCUT2D eigenvalue weighted by atomic mass is 10.2. The molecule has 1 heterocycles. The Balaban J connectivity index is 1.72. The number of nitrogens with one attached hydrogen (secondary N) is 1. The molecule has 2 amide bonds. The fraction of sp³-hybridized carbons (Fsp3) is 0.250. The van der Waals surface area contributed by atoms with Gasteiger partial charge in [0.15, 0.2) is 0 Å². The Morgan fingerprint density at radius 3 is 2.58 bits per heavy atom. The van der Waals surface area contributed by atoms with Gasteiger partial charge in [-0.3, -0.25) is 9.79 Å². The summed E-state index contributed by atoms with van der Waals surface area (Å²) in [6.07, 6.45) is 0.793. The van der Waals surface area contributed by atoms with E-state index in [9.17, 15) is 9.59 Å². The molecule has 134 valence electrons. The lowest BCUT2D eigenvalue weighted by Gasteiger charge is -2.28. The predicted octanol–water partition coefficient (Wildman–Crippen LogP) is 3.44. The molecule has 6 nitrogen and oxygen atoms in total. The van der Waals surface area contributed by atoms with Crippen LogP contribution in [0.1, 0.15) is 19.4 Å². The van der Waals surface area contributed by atoms with Crippen LogP contribution < -0.4 is 10.2 Å². The van der Waals surface area contributed by atoms with Crippen molar-refractivity contribution in [2.24, 2.45) is 4.99 Å². The molecule has 0 fully saturated rings. The van der Waals surface area contributed by atoms with E-state index >= 15 is 0 Å². The number of aliphatic imine (C=N–C) groups is 1. The normalized spacial score (nSPS) is 16.2. The maximum Gasteiger partial charge on any atom is 0.408 e. The van der Waals surface area contributed by atoms with Gasteiger partial charge in [-0.2, -0.15) is 0 Å². The van der Waals surface area contributed by atoms with Crippen molar-refractivity contribution in [2.75, 3.05) is 4.90 Å². The van der Waals surface area contributed by atoms with Crippen LogP contribution in [0.15, 0.2) is 59.6 Å². The zero-order chi connectivity index (χ0) is 18.5. The molecule has 0 aromatic heterocycles. The van der Waals surface area contributed by atoms with Crippen LogP contribution in [0, 0.1) is 0 Å². The van der Waals surface area contributed by atoms with E-state index in [1.807, 2.05) is 68.4 Å². The van der Waals surface area contributed by atoms with Crippen molar-refractivity contribution in [3.63, 3.8) is 0 Å². The lowest BCUT2D eigenvalue weighted by molar-refractivity contribution is -0.119. The van der Waals surface area contributed by atoms with Crippen LogP contribution in [0.25, 0.3) is 0 Å². The Morgan fingerprint density at radius 2 is 1.85 bits per heavy atom. The predicted molar refractivity (Wildman–Crippen MR) is 101 cm³/mol. The zero-order valence-corrected chi connectivity index (χ0v) is 14.8. The van der Waals surface area contributed by atoms with Crippen molar-refractivity contribution >= 4 is 29.6 Å². The first-order valence-electron chi connectivity index (χ1n) is 8.50. The fourth-order valence-electron chi connectivity index (χ4n) is 2.79. The zero-order valence-electron chi connectivity index (χ0n) is 14.8. The molecule has 1 unspecified atom stereocenters. The molecule has 2 aromatic carbocycles. The van der Waals surface area contributed by atoms with Gasteiger partial charge in [-0.15, -0.1) is 0 Å². The van der Waals surface area contributed by atoms with Crippen LogP contribution in [0.4, 0.5) is 16.2 Å². The fourth-order valence-corrected chi connectivity index (χ4v) is 2.79. The molecular weight excluding hydrogens is 330 g/mol. The second kappa shape index (κ2) is 7.82. The quantitative estimate of drug-likeness (QED) is 0.917. The number of anilines is 1. The van der Waals surface area contributed by atoms with Gasteiger partial charge in [0, 0.05) is 12.3 Å². The maximum absolute atomic E-state index is 12.9. The Labute approximate surface area is 152 Å². The largest absolute Gasteiger partial charge is 0.445 e. The number of hydrogen-bond acceptors (Lipinski definition) is 4. The minimum absolute atomic E-state index is 0.0741. The first-order chi connectivity index (χ1) is 12.6. The second-order valence-corrected chi connectivity index (χ2v) is 6.25. The monoisotopic (exact) mass is 351 g/mol. The first-order valence-corrected chi connectivity index (χ1v) is 8.50. The van der Waals surface area contributed by atoms with Crippen molar-refractivity contribution < 1.29 is 14.3 Å².